The maximum absolute atomic E-state index is 11.9. The molecule has 0 bridgehead atoms. The second kappa shape index (κ2) is 6.85. The molecule has 1 heterocycles. The zero-order valence-corrected chi connectivity index (χ0v) is 12.4. The van der Waals surface area contributed by atoms with Gasteiger partial charge in [0.1, 0.15) is 5.84 Å². The minimum absolute atomic E-state index is 0.304. The molecular formula is C14H20N2O3S. The smallest absolute Gasteiger partial charge is 0.263 e. The summed E-state index contributed by atoms with van der Waals surface area (Å²) in [4.78, 5) is 4.63. The molecule has 1 aliphatic heterocycles. The van der Waals surface area contributed by atoms with E-state index in [9.17, 15) is 8.42 Å². The zero-order chi connectivity index (χ0) is 14.4. The fraction of sp³-hybridized carbons (Fsp3) is 0.500. The maximum Gasteiger partial charge on any atom is 0.263 e. The van der Waals surface area contributed by atoms with E-state index >= 15 is 0 Å². The average molecular weight is 296 g/mol. The van der Waals surface area contributed by atoms with Gasteiger partial charge in [-0.2, -0.15) is 0 Å². The third-order valence-corrected chi connectivity index (χ3v) is 4.42. The number of nitrogens with one attached hydrogen (secondary N) is 1. The van der Waals surface area contributed by atoms with E-state index in [2.05, 4.69) is 16.6 Å². The highest BCUT2D eigenvalue weighted by atomic mass is 32.2. The van der Waals surface area contributed by atoms with Crippen LogP contribution in [0.5, 0.6) is 0 Å². The van der Waals surface area contributed by atoms with E-state index in [4.69, 9.17) is 4.74 Å². The third kappa shape index (κ3) is 3.58. The van der Waals surface area contributed by atoms with Gasteiger partial charge in [-0.3, -0.25) is 9.71 Å². The minimum Gasteiger partial charge on any atom is -0.381 e. The van der Waals surface area contributed by atoms with Crippen molar-refractivity contribution in [3.05, 3.63) is 29.8 Å². The minimum atomic E-state index is -3.42. The summed E-state index contributed by atoms with van der Waals surface area (Å²) in [5.74, 6) is 0.439. The first-order valence-corrected chi connectivity index (χ1v) is 8.38. The monoisotopic (exact) mass is 296 g/mol. The van der Waals surface area contributed by atoms with Crippen LogP contribution in [0.25, 0.3) is 0 Å². The Morgan fingerprint density at radius 1 is 1.20 bits per heavy atom. The van der Waals surface area contributed by atoms with Crippen molar-refractivity contribution in [1.29, 1.82) is 0 Å². The molecule has 0 saturated carbocycles. The molecule has 2 rings (SSSR count). The van der Waals surface area contributed by atoms with Crippen LogP contribution in [0.15, 0.2) is 34.2 Å². The predicted molar refractivity (Wildman–Crippen MR) is 78.5 cm³/mol. The number of rotatable bonds is 7. The van der Waals surface area contributed by atoms with Gasteiger partial charge >= 0.3 is 0 Å². The third-order valence-electron chi connectivity index (χ3n) is 3.02. The van der Waals surface area contributed by atoms with E-state index in [1.54, 1.807) is 18.2 Å². The van der Waals surface area contributed by atoms with E-state index in [0.717, 1.165) is 25.9 Å². The lowest BCUT2D eigenvalue weighted by Gasteiger charge is -2.02. The molecule has 110 valence electrons. The van der Waals surface area contributed by atoms with Crippen LogP contribution in [-0.4, -0.2) is 34.0 Å². The van der Waals surface area contributed by atoms with Crippen LogP contribution in [0.3, 0.4) is 0 Å². The highest BCUT2D eigenvalue weighted by Crippen LogP contribution is 2.21. The Labute approximate surface area is 120 Å². The summed E-state index contributed by atoms with van der Waals surface area (Å²) < 4.78 is 31.6. The lowest BCUT2D eigenvalue weighted by molar-refractivity contribution is 0.130. The summed E-state index contributed by atoms with van der Waals surface area (Å²) in [6.45, 7) is 4.12. The Hall–Kier alpha value is -1.40. The van der Waals surface area contributed by atoms with E-state index in [-0.39, 0.29) is 0 Å². The first kappa shape index (κ1) is 15.0. The van der Waals surface area contributed by atoms with Crippen LogP contribution in [0.1, 0.15) is 31.7 Å². The highest BCUT2D eigenvalue weighted by Gasteiger charge is 2.29. The molecule has 0 radical (unpaired) electrons. The molecule has 0 atom stereocenters. The summed E-state index contributed by atoms with van der Waals surface area (Å²) in [5, 5.41) is 0. The summed E-state index contributed by atoms with van der Waals surface area (Å²) >= 11 is 0. The van der Waals surface area contributed by atoms with Crippen molar-refractivity contribution in [2.45, 2.75) is 31.1 Å². The summed E-state index contributed by atoms with van der Waals surface area (Å²) in [5.41, 5.74) is 0.652. The van der Waals surface area contributed by atoms with Crippen LogP contribution in [-0.2, 0) is 14.8 Å². The van der Waals surface area contributed by atoms with Crippen molar-refractivity contribution in [1.82, 2.24) is 4.72 Å². The quantitative estimate of drug-likeness (QED) is 0.782. The van der Waals surface area contributed by atoms with E-state index < -0.39 is 10.0 Å². The van der Waals surface area contributed by atoms with E-state index in [0.29, 0.717) is 29.4 Å². The van der Waals surface area contributed by atoms with Crippen molar-refractivity contribution in [2.24, 2.45) is 4.99 Å². The van der Waals surface area contributed by atoms with Crippen molar-refractivity contribution >= 4 is 15.9 Å². The van der Waals surface area contributed by atoms with Gasteiger partial charge < -0.3 is 4.74 Å². The standard InChI is InChI=1S/C14H20N2O3S/c1-2-3-10-19-11-6-9-15-14-12-7-4-5-8-13(12)20(17,18)16-14/h4-5,7-8H,2-3,6,9-11H2,1H3,(H,15,16). The Morgan fingerprint density at radius 2 is 1.95 bits per heavy atom. The van der Waals surface area contributed by atoms with Gasteiger partial charge in [0.15, 0.2) is 0 Å². The molecule has 1 aromatic rings. The summed E-state index contributed by atoms with van der Waals surface area (Å²) in [6, 6.07) is 6.88. The normalized spacial score (nSPS) is 17.9. The highest BCUT2D eigenvalue weighted by molar-refractivity contribution is 7.90. The molecular weight excluding hydrogens is 276 g/mol. The van der Waals surface area contributed by atoms with Crippen LogP contribution < -0.4 is 4.72 Å². The molecule has 1 aromatic carbocycles. The number of aliphatic imine (C=N–C) groups is 1. The van der Waals surface area contributed by atoms with Crippen molar-refractivity contribution < 1.29 is 13.2 Å². The fourth-order valence-electron chi connectivity index (χ4n) is 1.96. The van der Waals surface area contributed by atoms with E-state index in [1.807, 2.05) is 6.07 Å². The maximum atomic E-state index is 11.9. The lowest BCUT2D eigenvalue weighted by atomic mass is 10.2. The molecule has 0 unspecified atom stereocenters. The fourth-order valence-corrected chi connectivity index (χ4v) is 3.21. The Kier molecular flexibility index (Phi) is 5.14. The van der Waals surface area contributed by atoms with Crippen LogP contribution in [0, 0.1) is 0 Å². The molecule has 0 aromatic heterocycles. The molecule has 0 fully saturated rings. The van der Waals surface area contributed by atoms with Gasteiger partial charge in [0.2, 0.25) is 0 Å². The Morgan fingerprint density at radius 3 is 2.75 bits per heavy atom. The molecule has 0 amide bonds. The zero-order valence-electron chi connectivity index (χ0n) is 11.6. The van der Waals surface area contributed by atoms with Crippen LogP contribution in [0.2, 0.25) is 0 Å². The first-order chi connectivity index (χ1) is 9.65. The summed E-state index contributed by atoms with van der Waals surface area (Å²) in [6.07, 6.45) is 2.99. The van der Waals surface area contributed by atoms with Crippen molar-refractivity contribution in [2.75, 3.05) is 19.8 Å². The van der Waals surface area contributed by atoms with Gasteiger partial charge in [0.25, 0.3) is 10.0 Å². The number of hydrogen-bond acceptors (Lipinski definition) is 4. The Bertz CT molecular complexity index is 582. The van der Waals surface area contributed by atoms with Gasteiger partial charge in [0.05, 0.1) is 4.90 Å². The molecule has 6 heteroatoms. The summed E-state index contributed by atoms with van der Waals surface area (Å²) in [7, 11) is -3.42. The SMILES string of the molecule is CCCCOCCCN=C1NS(=O)(=O)c2ccccc21. The van der Waals surface area contributed by atoms with Gasteiger partial charge in [-0.15, -0.1) is 0 Å². The molecule has 20 heavy (non-hydrogen) atoms. The number of sulfonamides is 1. The number of hydrogen-bond donors (Lipinski definition) is 1. The molecule has 1 aliphatic rings. The van der Waals surface area contributed by atoms with Gasteiger partial charge in [-0.05, 0) is 25.0 Å². The average Bonchev–Trinajstić information content (AvgIpc) is 2.70. The van der Waals surface area contributed by atoms with Crippen LogP contribution >= 0.6 is 0 Å². The van der Waals surface area contributed by atoms with Crippen molar-refractivity contribution in [3.63, 3.8) is 0 Å². The number of benzene rings is 1. The number of ether oxygens (including phenoxy) is 1. The lowest BCUT2D eigenvalue weighted by Crippen LogP contribution is -2.22. The van der Waals surface area contributed by atoms with Gasteiger partial charge in [0, 0.05) is 25.3 Å². The van der Waals surface area contributed by atoms with Crippen molar-refractivity contribution in [3.8, 4) is 0 Å². The molecule has 0 aliphatic carbocycles. The second-order valence-corrected chi connectivity index (χ2v) is 6.30. The number of amidine groups is 1. The predicted octanol–water partition coefficient (Wildman–Crippen LogP) is 1.93. The molecule has 0 spiro atoms. The Balaban J connectivity index is 1.90. The number of nitrogens with zero attached hydrogens (tertiary/aromatic N) is 1. The number of unbranched alkanes of at least 4 members (excludes halogenated alkanes) is 1. The number of fused-ring (bicyclic) bond motifs is 1. The molecule has 5 nitrogen and oxygen atoms in total. The van der Waals surface area contributed by atoms with Gasteiger partial charge in [-0.1, -0.05) is 25.5 Å². The van der Waals surface area contributed by atoms with E-state index in [1.165, 1.54) is 0 Å². The molecule has 0 saturated heterocycles. The molecule has 1 N–H and O–H groups in total. The largest absolute Gasteiger partial charge is 0.381 e. The first-order valence-electron chi connectivity index (χ1n) is 6.89. The van der Waals surface area contributed by atoms with Gasteiger partial charge in [-0.25, -0.2) is 8.42 Å². The topological polar surface area (TPSA) is 67.8 Å². The second-order valence-electron chi connectivity index (χ2n) is 4.65. The van der Waals surface area contributed by atoms with Crippen LogP contribution in [0.4, 0.5) is 0 Å².